The highest BCUT2D eigenvalue weighted by atomic mass is 16.2. The van der Waals surface area contributed by atoms with Crippen LogP contribution in [0.4, 0.5) is 11.4 Å². The van der Waals surface area contributed by atoms with Gasteiger partial charge in [0.1, 0.15) is 0 Å². The van der Waals surface area contributed by atoms with E-state index in [9.17, 15) is 9.59 Å². The molecule has 108 valence electrons. The second-order valence-electron chi connectivity index (χ2n) is 5.02. The van der Waals surface area contributed by atoms with Gasteiger partial charge in [-0.1, -0.05) is 13.0 Å². The van der Waals surface area contributed by atoms with E-state index in [1.54, 1.807) is 13.0 Å². The van der Waals surface area contributed by atoms with Crippen LogP contribution in [0.5, 0.6) is 0 Å². The highest BCUT2D eigenvalue weighted by molar-refractivity contribution is 5.95. The van der Waals surface area contributed by atoms with Gasteiger partial charge < -0.3 is 16.0 Å². The smallest absolute Gasteiger partial charge is 0.228 e. The van der Waals surface area contributed by atoms with Crippen molar-refractivity contribution in [1.82, 2.24) is 5.32 Å². The molecular weight excluding hydrogens is 254 g/mol. The molecule has 1 fully saturated rings. The van der Waals surface area contributed by atoms with Crippen LogP contribution in [0.3, 0.4) is 0 Å². The monoisotopic (exact) mass is 275 g/mol. The van der Waals surface area contributed by atoms with Crippen LogP contribution >= 0.6 is 0 Å². The highest BCUT2D eigenvalue weighted by Gasteiger charge is 2.20. The standard InChI is InChI=1S/C15H21N3O2/c1-2-14(19)17-12-6-3-7-13(9-12)18-15(20)11-5-4-8-16-10-11/h3,6-7,9,11,16H,2,4-5,8,10H2,1H3,(H,17,19)(H,18,20)/t11-/m1/s1. The topological polar surface area (TPSA) is 70.2 Å². The minimum atomic E-state index is -0.0371. The third-order valence-electron chi connectivity index (χ3n) is 3.40. The van der Waals surface area contributed by atoms with E-state index < -0.39 is 0 Å². The maximum Gasteiger partial charge on any atom is 0.228 e. The van der Waals surface area contributed by atoms with Crippen molar-refractivity contribution in [1.29, 1.82) is 0 Å². The Balaban J connectivity index is 1.96. The first-order chi connectivity index (χ1) is 9.69. The van der Waals surface area contributed by atoms with Crippen LogP contribution in [0.1, 0.15) is 26.2 Å². The first kappa shape index (κ1) is 14.5. The average molecular weight is 275 g/mol. The molecule has 0 saturated carbocycles. The second kappa shape index (κ2) is 7.05. The zero-order valence-electron chi connectivity index (χ0n) is 11.7. The summed E-state index contributed by atoms with van der Waals surface area (Å²) >= 11 is 0. The van der Waals surface area contributed by atoms with Crippen molar-refractivity contribution in [2.24, 2.45) is 5.92 Å². The first-order valence-electron chi connectivity index (χ1n) is 7.10. The molecule has 1 saturated heterocycles. The number of amides is 2. The molecule has 1 aromatic carbocycles. The maximum absolute atomic E-state index is 12.1. The number of carbonyl (C=O) groups excluding carboxylic acids is 2. The SMILES string of the molecule is CCC(=O)Nc1cccc(NC(=O)[C@@H]2CCCNC2)c1. The molecule has 1 heterocycles. The zero-order chi connectivity index (χ0) is 14.4. The largest absolute Gasteiger partial charge is 0.326 e. The van der Waals surface area contributed by atoms with E-state index in [0.717, 1.165) is 31.6 Å². The Hall–Kier alpha value is -1.88. The van der Waals surface area contributed by atoms with Crippen molar-refractivity contribution in [2.45, 2.75) is 26.2 Å². The van der Waals surface area contributed by atoms with E-state index in [-0.39, 0.29) is 17.7 Å². The van der Waals surface area contributed by atoms with E-state index in [4.69, 9.17) is 0 Å². The summed E-state index contributed by atoms with van der Waals surface area (Å²) in [6, 6.07) is 7.24. The number of carbonyl (C=O) groups is 2. The minimum absolute atomic E-state index is 0.0256. The Morgan fingerprint density at radius 1 is 1.30 bits per heavy atom. The number of nitrogens with one attached hydrogen (secondary N) is 3. The quantitative estimate of drug-likeness (QED) is 0.787. The Morgan fingerprint density at radius 2 is 2.05 bits per heavy atom. The van der Waals surface area contributed by atoms with Crippen LogP contribution in [0.25, 0.3) is 0 Å². The third kappa shape index (κ3) is 4.06. The molecule has 1 aliphatic heterocycles. The molecule has 20 heavy (non-hydrogen) atoms. The third-order valence-corrected chi connectivity index (χ3v) is 3.40. The molecule has 0 unspecified atom stereocenters. The molecule has 1 atom stereocenters. The molecule has 0 spiro atoms. The van der Waals surface area contributed by atoms with Crippen LogP contribution in [0.2, 0.25) is 0 Å². The fraction of sp³-hybridized carbons (Fsp3) is 0.467. The van der Waals surface area contributed by atoms with Crippen molar-refractivity contribution < 1.29 is 9.59 Å². The van der Waals surface area contributed by atoms with Gasteiger partial charge in [-0.05, 0) is 37.6 Å². The molecule has 0 bridgehead atoms. The van der Waals surface area contributed by atoms with Crippen LogP contribution in [0.15, 0.2) is 24.3 Å². The lowest BCUT2D eigenvalue weighted by molar-refractivity contribution is -0.120. The van der Waals surface area contributed by atoms with Crippen LogP contribution in [0, 0.1) is 5.92 Å². The number of anilines is 2. The highest BCUT2D eigenvalue weighted by Crippen LogP contribution is 2.18. The zero-order valence-corrected chi connectivity index (χ0v) is 11.7. The predicted molar refractivity (Wildman–Crippen MR) is 79.6 cm³/mol. The predicted octanol–water partition coefficient (Wildman–Crippen LogP) is 1.97. The van der Waals surface area contributed by atoms with Crippen LogP contribution in [-0.2, 0) is 9.59 Å². The molecule has 0 aromatic heterocycles. The van der Waals surface area contributed by atoms with Gasteiger partial charge in [0.25, 0.3) is 0 Å². The van der Waals surface area contributed by atoms with Crippen LogP contribution < -0.4 is 16.0 Å². The summed E-state index contributed by atoms with van der Waals surface area (Å²) in [4.78, 5) is 23.5. The van der Waals surface area contributed by atoms with Gasteiger partial charge in [-0.25, -0.2) is 0 Å². The molecule has 5 heteroatoms. The van der Waals surface area contributed by atoms with E-state index >= 15 is 0 Å². The Labute approximate surface area is 119 Å². The van der Waals surface area contributed by atoms with E-state index in [0.29, 0.717) is 12.1 Å². The van der Waals surface area contributed by atoms with Gasteiger partial charge in [0.2, 0.25) is 11.8 Å². The number of hydrogen-bond donors (Lipinski definition) is 3. The molecule has 0 aliphatic carbocycles. The molecular formula is C15H21N3O2. The van der Waals surface area contributed by atoms with Gasteiger partial charge in [-0.2, -0.15) is 0 Å². The molecule has 2 rings (SSSR count). The lowest BCUT2D eigenvalue weighted by atomic mass is 9.99. The summed E-state index contributed by atoms with van der Waals surface area (Å²) in [7, 11) is 0. The summed E-state index contributed by atoms with van der Waals surface area (Å²) in [5, 5.41) is 8.92. The van der Waals surface area contributed by atoms with Crippen molar-refractivity contribution in [3.8, 4) is 0 Å². The van der Waals surface area contributed by atoms with Crippen molar-refractivity contribution >= 4 is 23.2 Å². The molecule has 0 radical (unpaired) electrons. The van der Waals surface area contributed by atoms with E-state index in [2.05, 4.69) is 16.0 Å². The van der Waals surface area contributed by atoms with Crippen LogP contribution in [-0.4, -0.2) is 24.9 Å². The van der Waals surface area contributed by atoms with Gasteiger partial charge in [-0.15, -0.1) is 0 Å². The second-order valence-corrected chi connectivity index (χ2v) is 5.02. The van der Waals surface area contributed by atoms with E-state index in [1.165, 1.54) is 0 Å². The molecule has 2 amide bonds. The van der Waals surface area contributed by atoms with Gasteiger partial charge in [0.15, 0.2) is 0 Å². The fourth-order valence-corrected chi connectivity index (χ4v) is 2.24. The normalized spacial score (nSPS) is 18.4. The minimum Gasteiger partial charge on any atom is -0.326 e. The molecule has 1 aliphatic rings. The Morgan fingerprint density at radius 3 is 2.70 bits per heavy atom. The molecule has 3 N–H and O–H groups in total. The number of hydrogen-bond acceptors (Lipinski definition) is 3. The first-order valence-corrected chi connectivity index (χ1v) is 7.10. The van der Waals surface area contributed by atoms with Crippen molar-refractivity contribution in [3.05, 3.63) is 24.3 Å². The van der Waals surface area contributed by atoms with Gasteiger partial charge in [0, 0.05) is 24.3 Å². The van der Waals surface area contributed by atoms with E-state index in [1.807, 2.05) is 18.2 Å². The van der Waals surface area contributed by atoms with Gasteiger partial charge in [-0.3, -0.25) is 9.59 Å². The summed E-state index contributed by atoms with van der Waals surface area (Å²) in [6.45, 7) is 3.53. The summed E-state index contributed by atoms with van der Waals surface area (Å²) in [5.74, 6) is 0.0266. The average Bonchev–Trinajstić information content (AvgIpc) is 2.48. The molecule has 1 aromatic rings. The number of rotatable bonds is 4. The van der Waals surface area contributed by atoms with Crippen molar-refractivity contribution in [2.75, 3.05) is 23.7 Å². The summed E-state index contributed by atoms with van der Waals surface area (Å²) in [6.07, 6.45) is 2.39. The fourth-order valence-electron chi connectivity index (χ4n) is 2.24. The number of piperidine rings is 1. The molecule has 5 nitrogen and oxygen atoms in total. The van der Waals surface area contributed by atoms with Gasteiger partial charge >= 0.3 is 0 Å². The summed E-state index contributed by atoms with van der Waals surface area (Å²) < 4.78 is 0. The summed E-state index contributed by atoms with van der Waals surface area (Å²) in [5.41, 5.74) is 1.42. The number of benzene rings is 1. The lowest BCUT2D eigenvalue weighted by Crippen LogP contribution is -2.37. The lowest BCUT2D eigenvalue weighted by Gasteiger charge is -2.22. The maximum atomic E-state index is 12.1. The van der Waals surface area contributed by atoms with Crippen molar-refractivity contribution in [3.63, 3.8) is 0 Å². The van der Waals surface area contributed by atoms with Gasteiger partial charge in [0.05, 0.1) is 5.92 Å². The Kier molecular flexibility index (Phi) is 5.12. The Bertz CT molecular complexity index is 482.